The van der Waals surface area contributed by atoms with Crippen LogP contribution in [0.4, 0.5) is 0 Å². The highest BCUT2D eigenvalue weighted by Gasteiger charge is 2.72. The fraction of sp³-hybridized carbons (Fsp3) is 0.649. The van der Waals surface area contributed by atoms with E-state index < -0.39 is 82.7 Å². The minimum Gasteiger partial charge on any atom is -0.481 e. The summed E-state index contributed by atoms with van der Waals surface area (Å²) in [4.78, 5) is 67.5. The maximum absolute atomic E-state index is 13.8. The maximum Gasteiger partial charge on any atom is 0.349 e. The van der Waals surface area contributed by atoms with E-state index in [0.29, 0.717) is 25.1 Å². The van der Waals surface area contributed by atoms with Gasteiger partial charge in [-0.1, -0.05) is 12.1 Å². The number of nitrogens with zero attached hydrogens (tertiary/aromatic N) is 1. The molecule has 50 heavy (non-hydrogen) atoms. The highest BCUT2D eigenvalue weighted by atomic mass is 16.6. The maximum atomic E-state index is 13.8. The van der Waals surface area contributed by atoms with Gasteiger partial charge in [0, 0.05) is 24.9 Å². The van der Waals surface area contributed by atoms with Gasteiger partial charge < -0.3 is 38.4 Å². The van der Waals surface area contributed by atoms with Crippen LogP contribution in [-0.2, 0) is 59.5 Å². The van der Waals surface area contributed by atoms with Crippen molar-refractivity contribution in [2.75, 3.05) is 13.6 Å². The minimum atomic E-state index is -1.85. The molecular weight excluding hydrogens is 650 g/mol. The molecule has 2 aliphatic heterocycles. The molecule has 2 bridgehead atoms. The number of likely N-dealkylation sites (N-methyl/N-ethyl adjacent to an activating group) is 1. The molecule has 13 nitrogen and oxygen atoms in total. The number of likely N-dealkylation sites (tertiary alicyclic amines) is 1. The summed E-state index contributed by atoms with van der Waals surface area (Å²) in [6.07, 6.45) is -2.05. The Morgan fingerprint density at radius 2 is 1.66 bits per heavy atom. The second-order valence-electron chi connectivity index (χ2n) is 15.9. The van der Waals surface area contributed by atoms with Crippen molar-refractivity contribution in [3.05, 3.63) is 40.7 Å². The summed E-state index contributed by atoms with van der Waals surface area (Å²) >= 11 is 0. The third-order valence-electron chi connectivity index (χ3n) is 9.84. The lowest BCUT2D eigenvalue weighted by Crippen LogP contribution is -2.74. The number of hydrogen-bond acceptors (Lipinski definition) is 13. The van der Waals surface area contributed by atoms with Crippen LogP contribution in [0.5, 0.6) is 5.75 Å². The Morgan fingerprint density at radius 1 is 1.00 bits per heavy atom. The predicted molar refractivity (Wildman–Crippen MR) is 177 cm³/mol. The molecule has 0 unspecified atom stereocenters. The van der Waals surface area contributed by atoms with Crippen molar-refractivity contribution < 1.29 is 57.5 Å². The molecule has 0 saturated carbocycles. The quantitative estimate of drug-likeness (QED) is 0.295. The lowest BCUT2D eigenvalue weighted by atomic mass is 9.50. The molecule has 1 fully saturated rings. The molecule has 1 spiro atoms. The van der Waals surface area contributed by atoms with Crippen LogP contribution in [0.1, 0.15) is 91.3 Å². The highest BCUT2D eigenvalue weighted by molar-refractivity contribution is 5.89. The Morgan fingerprint density at radius 3 is 2.28 bits per heavy atom. The first-order chi connectivity index (χ1) is 23.1. The van der Waals surface area contributed by atoms with E-state index in [4.69, 9.17) is 28.4 Å². The second-order valence-corrected chi connectivity index (χ2v) is 15.9. The number of ether oxygens (including phenoxy) is 6. The van der Waals surface area contributed by atoms with Crippen molar-refractivity contribution in [3.63, 3.8) is 0 Å². The number of carbonyl (C=O) groups is 5. The minimum absolute atomic E-state index is 0.183. The van der Waals surface area contributed by atoms with Gasteiger partial charge in [-0.15, -0.1) is 0 Å². The zero-order chi connectivity index (χ0) is 37.1. The molecule has 274 valence electrons. The monoisotopic (exact) mass is 699 g/mol. The number of aryl methyl sites for hydroxylation is 1. The van der Waals surface area contributed by atoms with Gasteiger partial charge in [-0.05, 0) is 99.0 Å². The van der Waals surface area contributed by atoms with Crippen molar-refractivity contribution in [2.24, 2.45) is 5.92 Å². The summed E-state index contributed by atoms with van der Waals surface area (Å²) in [6, 6.07) is 3.88. The van der Waals surface area contributed by atoms with Gasteiger partial charge in [0.05, 0.1) is 17.4 Å². The molecule has 1 aromatic carbocycles. The first-order valence-corrected chi connectivity index (χ1v) is 17.0. The van der Waals surface area contributed by atoms with E-state index in [-0.39, 0.29) is 18.2 Å². The first-order valence-electron chi connectivity index (χ1n) is 17.0. The second kappa shape index (κ2) is 13.0. The van der Waals surface area contributed by atoms with Crippen LogP contribution >= 0.6 is 0 Å². The Kier molecular flexibility index (Phi) is 9.68. The van der Waals surface area contributed by atoms with E-state index in [1.165, 1.54) is 6.92 Å². The molecule has 5 rings (SSSR count). The standard InChI is InChI=1S/C37H49NO12/c1-19-11-12-22-17-25-37(44)14-13-23(30-36(37,15-16-38(25)10)27(22)28(19)48-30)46-31(41)20(2)29(45-21(3)39)33(43)47-24(32(42)50-35(7,8)9)18-26(40)49-34(4,5)6/h11-13,20,24-25,29-30,44H,14-18H2,1-10H3/t20-,24-,25-,29-,30+,36+,37-/m1/s1. The lowest BCUT2D eigenvalue weighted by Gasteiger charge is -2.61. The summed E-state index contributed by atoms with van der Waals surface area (Å²) in [5, 5.41) is 12.4. The number of hydrogen-bond donors (Lipinski definition) is 1. The van der Waals surface area contributed by atoms with Crippen LogP contribution in [0.15, 0.2) is 24.0 Å². The van der Waals surface area contributed by atoms with Crippen molar-refractivity contribution >= 4 is 29.8 Å². The Hall–Kier alpha value is -3.97. The summed E-state index contributed by atoms with van der Waals surface area (Å²) < 4.78 is 33.9. The zero-order valence-corrected chi connectivity index (χ0v) is 30.5. The van der Waals surface area contributed by atoms with Crippen molar-refractivity contribution in [1.82, 2.24) is 4.90 Å². The summed E-state index contributed by atoms with van der Waals surface area (Å²) in [5.41, 5.74) is -1.01. The molecule has 2 heterocycles. The Bertz CT molecular complexity index is 1620. The van der Waals surface area contributed by atoms with Crippen LogP contribution in [0.25, 0.3) is 0 Å². The van der Waals surface area contributed by atoms with E-state index in [1.807, 2.05) is 20.0 Å². The molecule has 1 saturated heterocycles. The normalized spacial score (nSPS) is 27.0. The topological polar surface area (TPSA) is 164 Å². The van der Waals surface area contributed by atoms with E-state index >= 15 is 0 Å². The van der Waals surface area contributed by atoms with Gasteiger partial charge in [0.25, 0.3) is 0 Å². The Labute approximate surface area is 292 Å². The number of piperidine rings is 1. The van der Waals surface area contributed by atoms with Gasteiger partial charge in [0.2, 0.25) is 12.2 Å². The van der Waals surface area contributed by atoms with Crippen molar-refractivity contribution in [2.45, 2.75) is 135 Å². The fourth-order valence-corrected chi connectivity index (χ4v) is 7.73. The molecular formula is C37H49NO12. The van der Waals surface area contributed by atoms with E-state index in [9.17, 15) is 29.1 Å². The summed E-state index contributed by atoms with van der Waals surface area (Å²) in [6.45, 7) is 14.7. The van der Waals surface area contributed by atoms with Crippen LogP contribution in [0, 0.1) is 12.8 Å². The van der Waals surface area contributed by atoms with Crippen molar-refractivity contribution in [1.29, 1.82) is 0 Å². The van der Waals surface area contributed by atoms with Gasteiger partial charge in [0.15, 0.2) is 6.10 Å². The number of esters is 5. The largest absolute Gasteiger partial charge is 0.481 e. The van der Waals surface area contributed by atoms with Gasteiger partial charge in [-0.25, -0.2) is 9.59 Å². The number of rotatable bonds is 9. The average molecular weight is 700 g/mol. The first kappa shape index (κ1) is 37.3. The molecule has 13 heteroatoms. The SMILES string of the molecule is CC(=O)O[C@@H](C(=O)O[C@H](CC(=O)OC(C)(C)C)C(=O)OC(C)(C)C)[C@@H](C)C(=O)OC1=CC[C@@]2(O)[C@H]3Cc4ccc(C)c5c4[C@@]2(CCN3C)[C@H]1O5. The van der Waals surface area contributed by atoms with E-state index in [2.05, 4.69) is 11.0 Å². The average Bonchev–Trinajstić information content (AvgIpc) is 3.34. The van der Waals surface area contributed by atoms with Gasteiger partial charge in [-0.3, -0.25) is 14.4 Å². The molecule has 4 aliphatic rings. The van der Waals surface area contributed by atoms with Crippen LogP contribution < -0.4 is 4.74 Å². The van der Waals surface area contributed by atoms with E-state index in [1.54, 1.807) is 47.6 Å². The predicted octanol–water partition coefficient (Wildman–Crippen LogP) is 3.37. The summed E-state index contributed by atoms with van der Waals surface area (Å²) in [7, 11) is 2.00. The fourth-order valence-electron chi connectivity index (χ4n) is 7.73. The molecule has 0 radical (unpaired) electrons. The molecule has 7 atom stereocenters. The van der Waals surface area contributed by atoms with Gasteiger partial charge >= 0.3 is 29.8 Å². The highest BCUT2D eigenvalue weighted by Crippen LogP contribution is 2.64. The molecule has 2 aliphatic carbocycles. The van der Waals surface area contributed by atoms with Crippen molar-refractivity contribution in [3.8, 4) is 5.75 Å². The van der Waals surface area contributed by atoms with Crippen LogP contribution in [0.3, 0.4) is 0 Å². The van der Waals surface area contributed by atoms with Gasteiger partial charge in [-0.2, -0.15) is 0 Å². The number of aliphatic hydroxyl groups is 1. The smallest absolute Gasteiger partial charge is 0.349 e. The number of carbonyl (C=O) groups excluding carboxylic acids is 5. The molecule has 1 aromatic rings. The third-order valence-corrected chi connectivity index (χ3v) is 9.84. The van der Waals surface area contributed by atoms with Crippen LogP contribution in [-0.4, -0.2) is 94.6 Å². The molecule has 0 amide bonds. The zero-order valence-electron chi connectivity index (χ0n) is 30.5. The van der Waals surface area contributed by atoms with Crippen LogP contribution in [0.2, 0.25) is 0 Å². The molecule has 1 N–H and O–H groups in total. The lowest BCUT2D eigenvalue weighted by molar-refractivity contribution is -0.190. The molecule has 0 aromatic heterocycles. The van der Waals surface area contributed by atoms with Gasteiger partial charge in [0.1, 0.15) is 28.6 Å². The Balaban J connectivity index is 1.40. The van der Waals surface area contributed by atoms with E-state index in [0.717, 1.165) is 23.6 Å². The number of benzene rings is 1. The summed E-state index contributed by atoms with van der Waals surface area (Å²) in [5.74, 6) is -5.52. The third kappa shape index (κ3) is 6.73.